The molecule has 1 aliphatic heterocycles. The Balaban J connectivity index is 1.86. The fourth-order valence-corrected chi connectivity index (χ4v) is 2.80. The Labute approximate surface area is 132 Å². The van der Waals surface area contributed by atoms with Gasteiger partial charge in [0.2, 0.25) is 0 Å². The van der Waals surface area contributed by atoms with Gasteiger partial charge in [-0.25, -0.2) is 4.98 Å². The number of hydrogen-bond donors (Lipinski definition) is 2. The van der Waals surface area contributed by atoms with Crippen molar-refractivity contribution in [1.29, 1.82) is 0 Å². The molecule has 1 unspecified atom stereocenters. The lowest BCUT2D eigenvalue weighted by molar-refractivity contribution is 0.105. The molecule has 0 bridgehead atoms. The number of hydrogen-bond acceptors (Lipinski definition) is 5. The maximum atomic E-state index is 5.66. The maximum absolute atomic E-state index is 5.66. The SMILES string of the molecule is CCN(CC)CCCNc1cc(=S)nc(C2CCCO2)[nH]1. The Hall–Kier alpha value is -0.980. The highest BCUT2D eigenvalue weighted by atomic mass is 32.1. The molecule has 0 saturated carbocycles. The van der Waals surface area contributed by atoms with E-state index in [1.54, 1.807) is 0 Å². The number of rotatable bonds is 8. The number of ether oxygens (including phenoxy) is 1. The van der Waals surface area contributed by atoms with Crippen molar-refractivity contribution in [2.75, 3.05) is 38.1 Å². The van der Waals surface area contributed by atoms with Crippen LogP contribution in [0, 0.1) is 4.64 Å². The molecule has 118 valence electrons. The van der Waals surface area contributed by atoms with E-state index in [1.807, 2.05) is 6.07 Å². The summed E-state index contributed by atoms with van der Waals surface area (Å²) in [4.78, 5) is 10.1. The third-order valence-electron chi connectivity index (χ3n) is 3.86. The molecule has 0 amide bonds. The highest BCUT2D eigenvalue weighted by Gasteiger charge is 2.20. The first kappa shape index (κ1) is 16.4. The van der Waals surface area contributed by atoms with Gasteiger partial charge >= 0.3 is 0 Å². The largest absolute Gasteiger partial charge is 0.371 e. The van der Waals surface area contributed by atoms with Crippen molar-refractivity contribution >= 4 is 18.0 Å². The summed E-state index contributed by atoms with van der Waals surface area (Å²) in [6.07, 6.45) is 3.29. The van der Waals surface area contributed by atoms with Crippen LogP contribution < -0.4 is 5.32 Å². The van der Waals surface area contributed by atoms with Gasteiger partial charge in [0.15, 0.2) is 0 Å². The monoisotopic (exact) mass is 310 g/mol. The lowest BCUT2D eigenvalue weighted by Crippen LogP contribution is -2.25. The molecule has 2 rings (SSSR count). The first-order valence-corrected chi connectivity index (χ1v) is 8.32. The summed E-state index contributed by atoms with van der Waals surface area (Å²) in [5, 5.41) is 3.41. The van der Waals surface area contributed by atoms with E-state index in [0.717, 1.165) is 63.7 Å². The van der Waals surface area contributed by atoms with E-state index in [9.17, 15) is 0 Å². The molecule has 1 fully saturated rings. The molecule has 1 aromatic rings. The maximum Gasteiger partial charge on any atom is 0.138 e. The molecular weight excluding hydrogens is 284 g/mol. The molecule has 0 radical (unpaired) electrons. The van der Waals surface area contributed by atoms with Gasteiger partial charge in [-0.2, -0.15) is 0 Å². The lowest BCUT2D eigenvalue weighted by Gasteiger charge is -2.18. The van der Waals surface area contributed by atoms with E-state index in [-0.39, 0.29) is 6.10 Å². The van der Waals surface area contributed by atoms with E-state index in [0.29, 0.717) is 4.64 Å². The zero-order valence-corrected chi connectivity index (χ0v) is 13.8. The number of H-pyrrole nitrogens is 1. The molecule has 5 nitrogen and oxygen atoms in total. The highest BCUT2D eigenvalue weighted by molar-refractivity contribution is 7.71. The second-order valence-electron chi connectivity index (χ2n) is 5.33. The summed E-state index contributed by atoms with van der Waals surface area (Å²) in [7, 11) is 0. The van der Waals surface area contributed by atoms with Gasteiger partial charge in [0, 0.05) is 19.2 Å². The summed E-state index contributed by atoms with van der Waals surface area (Å²) < 4.78 is 6.28. The molecule has 2 heterocycles. The third kappa shape index (κ3) is 5.05. The quantitative estimate of drug-likeness (QED) is 0.571. The first-order valence-electron chi connectivity index (χ1n) is 7.92. The van der Waals surface area contributed by atoms with Gasteiger partial charge in [-0.15, -0.1) is 0 Å². The van der Waals surface area contributed by atoms with Crippen molar-refractivity contribution in [2.24, 2.45) is 0 Å². The summed E-state index contributed by atoms with van der Waals surface area (Å²) >= 11 is 5.25. The predicted molar refractivity (Wildman–Crippen MR) is 88.2 cm³/mol. The van der Waals surface area contributed by atoms with Crippen molar-refractivity contribution in [2.45, 2.75) is 39.2 Å². The van der Waals surface area contributed by atoms with Crippen LogP contribution in [-0.2, 0) is 4.74 Å². The van der Waals surface area contributed by atoms with Gasteiger partial charge in [-0.05, 0) is 38.9 Å². The average molecular weight is 310 g/mol. The van der Waals surface area contributed by atoms with Gasteiger partial charge in [-0.1, -0.05) is 26.1 Å². The standard InChI is InChI=1S/C15H26N4OS/c1-3-19(4-2)9-6-8-16-13-11-14(21)18-15(17-13)12-7-5-10-20-12/h11-12H,3-10H2,1-2H3,(H2,16,17,18,21). The fourth-order valence-electron chi connectivity index (χ4n) is 2.58. The van der Waals surface area contributed by atoms with Gasteiger partial charge in [0.1, 0.15) is 22.4 Å². The molecule has 2 N–H and O–H groups in total. The number of aromatic nitrogens is 2. The molecule has 0 spiro atoms. The zero-order chi connectivity index (χ0) is 15.1. The Kier molecular flexibility index (Phi) is 6.60. The summed E-state index contributed by atoms with van der Waals surface area (Å²) in [5.41, 5.74) is 0. The Morgan fingerprint density at radius 3 is 2.95 bits per heavy atom. The van der Waals surface area contributed by atoms with Gasteiger partial charge in [0.25, 0.3) is 0 Å². The Bertz CT molecular complexity index is 481. The van der Waals surface area contributed by atoms with E-state index in [1.165, 1.54) is 0 Å². The molecular formula is C15H26N4OS. The zero-order valence-electron chi connectivity index (χ0n) is 13.0. The fraction of sp³-hybridized carbons (Fsp3) is 0.733. The van der Waals surface area contributed by atoms with Crippen molar-refractivity contribution in [3.05, 3.63) is 16.5 Å². The summed E-state index contributed by atoms with van der Waals surface area (Å²) in [6.45, 7) is 9.47. The van der Waals surface area contributed by atoms with E-state index < -0.39 is 0 Å². The van der Waals surface area contributed by atoms with Crippen molar-refractivity contribution in [3.8, 4) is 0 Å². The van der Waals surface area contributed by atoms with Crippen LogP contribution in [0.15, 0.2) is 6.07 Å². The minimum absolute atomic E-state index is 0.0733. The second-order valence-corrected chi connectivity index (χ2v) is 5.75. The highest BCUT2D eigenvalue weighted by Crippen LogP contribution is 2.26. The van der Waals surface area contributed by atoms with Crippen LogP contribution in [-0.4, -0.2) is 47.7 Å². The minimum atomic E-state index is 0.0733. The van der Waals surface area contributed by atoms with E-state index >= 15 is 0 Å². The molecule has 6 heteroatoms. The van der Waals surface area contributed by atoms with Crippen LogP contribution in [0.4, 0.5) is 5.82 Å². The van der Waals surface area contributed by atoms with Gasteiger partial charge in [-0.3, -0.25) is 0 Å². The number of anilines is 1. The molecule has 0 aromatic carbocycles. The lowest BCUT2D eigenvalue weighted by atomic mass is 10.2. The molecule has 0 aliphatic carbocycles. The molecule has 1 aliphatic rings. The van der Waals surface area contributed by atoms with Crippen LogP contribution in [0.5, 0.6) is 0 Å². The summed E-state index contributed by atoms with van der Waals surface area (Å²) in [5.74, 6) is 1.80. The molecule has 1 aromatic heterocycles. The Morgan fingerprint density at radius 2 is 2.29 bits per heavy atom. The Morgan fingerprint density at radius 1 is 1.48 bits per heavy atom. The average Bonchev–Trinajstić information content (AvgIpc) is 3.01. The van der Waals surface area contributed by atoms with Crippen molar-refractivity contribution in [3.63, 3.8) is 0 Å². The van der Waals surface area contributed by atoms with Crippen LogP contribution >= 0.6 is 12.2 Å². The van der Waals surface area contributed by atoms with Crippen LogP contribution in [0.2, 0.25) is 0 Å². The van der Waals surface area contributed by atoms with Gasteiger partial charge < -0.3 is 19.9 Å². The van der Waals surface area contributed by atoms with Crippen molar-refractivity contribution < 1.29 is 4.74 Å². The predicted octanol–water partition coefficient (Wildman–Crippen LogP) is 3.13. The third-order valence-corrected chi connectivity index (χ3v) is 4.07. The topological polar surface area (TPSA) is 53.2 Å². The minimum Gasteiger partial charge on any atom is -0.371 e. The molecule has 1 atom stereocenters. The normalized spacial score (nSPS) is 18.3. The van der Waals surface area contributed by atoms with Crippen LogP contribution in [0.25, 0.3) is 0 Å². The number of aromatic amines is 1. The second kappa shape index (κ2) is 8.46. The summed E-state index contributed by atoms with van der Waals surface area (Å²) in [6, 6.07) is 1.88. The number of nitrogens with one attached hydrogen (secondary N) is 2. The van der Waals surface area contributed by atoms with Crippen molar-refractivity contribution in [1.82, 2.24) is 14.9 Å². The van der Waals surface area contributed by atoms with Crippen LogP contribution in [0.1, 0.15) is 45.0 Å². The molecule has 1 saturated heterocycles. The van der Waals surface area contributed by atoms with E-state index in [2.05, 4.69) is 34.0 Å². The smallest absolute Gasteiger partial charge is 0.138 e. The molecule has 21 heavy (non-hydrogen) atoms. The van der Waals surface area contributed by atoms with E-state index in [4.69, 9.17) is 17.0 Å². The van der Waals surface area contributed by atoms with Gasteiger partial charge in [0.05, 0.1) is 0 Å². The number of nitrogens with zero attached hydrogens (tertiary/aromatic N) is 2. The van der Waals surface area contributed by atoms with Crippen LogP contribution in [0.3, 0.4) is 0 Å². The first-order chi connectivity index (χ1) is 10.2.